The monoisotopic (exact) mass is 297 g/mol. The molecule has 0 aromatic carbocycles. The van der Waals surface area contributed by atoms with E-state index in [0.29, 0.717) is 5.92 Å². The van der Waals surface area contributed by atoms with Crippen molar-refractivity contribution in [2.45, 2.75) is 59.9 Å². The second-order valence-corrected chi connectivity index (χ2v) is 6.92. The van der Waals surface area contributed by atoms with Gasteiger partial charge < -0.3 is 10.2 Å². The predicted molar refractivity (Wildman–Crippen MR) is 90.7 cm³/mol. The van der Waals surface area contributed by atoms with E-state index in [0.717, 1.165) is 26.2 Å². The van der Waals surface area contributed by atoms with Gasteiger partial charge in [-0.25, -0.2) is 4.98 Å². The van der Waals surface area contributed by atoms with Crippen LogP contribution in [0.3, 0.4) is 0 Å². The van der Waals surface area contributed by atoms with Crippen LogP contribution in [0.1, 0.15) is 58.3 Å². The molecule has 4 heteroatoms. The second kappa shape index (κ2) is 10.2. The maximum Gasteiger partial charge on any atom is 0.185 e. The van der Waals surface area contributed by atoms with E-state index in [1.807, 2.05) is 17.5 Å². The average molecular weight is 298 g/mol. The highest BCUT2D eigenvalue weighted by Crippen LogP contribution is 2.23. The molecule has 1 rings (SSSR count). The zero-order valence-electron chi connectivity index (χ0n) is 13.6. The third-order valence-corrected chi connectivity index (χ3v) is 4.28. The van der Waals surface area contributed by atoms with Gasteiger partial charge in [0.25, 0.3) is 0 Å². The molecule has 1 N–H and O–H groups in total. The van der Waals surface area contributed by atoms with Crippen LogP contribution in [-0.2, 0) is 6.54 Å². The minimum Gasteiger partial charge on any atom is -0.348 e. The number of anilines is 1. The van der Waals surface area contributed by atoms with Crippen LogP contribution >= 0.6 is 11.3 Å². The van der Waals surface area contributed by atoms with E-state index in [1.54, 1.807) is 0 Å². The van der Waals surface area contributed by atoms with Gasteiger partial charge in [0, 0.05) is 30.7 Å². The Morgan fingerprint density at radius 3 is 2.40 bits per heavy atom. The van der Waals surface area contributed by atoms with Crippen LogP contribution in [0.25, 0.3) is 0 Å². The summed E-state index contributed by atoms with van der Waals surface area (Å²) in [5.74, 6) is 0.702. The number of hydrogen-bond acceptors (Lipinski definition) is 4. The molecule has 0 bridgehead atoms. The van der Waals surface area contributed by atoms with Crippen molar-refractivity contribution in [2.24, 2.45) is 5.92 Å². The predicted octanol–water partition coefficient (Wildman–Crippen LogP) is 4.30. The quantitative estimate of drug-likeness (QED) is 0.660. The number of unbranched alkanes of at least 4 members (excludes halogenated alkanes) is 2. The van der Waals surface area contributed by atoms with Gasteiger partial charge in [0.15, 0.2) is 5.13 Å². The van der Waals surface area contributed by atoms with Crippen LogP contribution in [0.15, 0.2) is 6.20 Å². The summed E-state index contributed by atoms with van der Waals surface area (Å²) in [7, 11) is 0. The lowest BCUT2D eigenvalue weighted by molar-refractivity contribution is 0.554. The molecule has 0 aliphatic carbocycles. The third-order valence-electron chi connectivity index (χ3n) is 3.23. The van der Waals surface area contributed by atoms with Gasteiger partial charge in [0.05, 0.1) is 0 Å². The van der Waals surface area contributed by atoms with Crippen LogP contribution in [0.4, 0.5) is 5.13 Å². The van der Waals surface area contributed by atoms with Gasteiger partial charge in [-0.05, 0) is 25.3 Å². The fourth-order valence-electron chi connectivity index (χ4n) is 2.01. The molecule has 20 heavy (non-hydrogen) atoms. The lowest BCUT2D eigenvalue weighted by Crippen LogP contribution is -2.25. The molecule has 0 atom stereocenters. The summed E-state index contributed by atoms with van der Waals surface area (Å²) in [5.41, 5.74) is 0. The average Bonchev–Trinajstić information content (AvgIpc) is 2.87. The van der Waals surface area contributed by atoms with Gasteiger partial charge in [-0.2, -0.15) is 0 Å². The largest absolute Gasteiger partial charge is 0.348 e. The zero-order chi connectivity index (χ0) is 14.8. The van der Waals surface area contributed by atoms with Crippen molar-refractivity contribution < 1.29 is 0 Å². The summed E-state index contributed by atoms with van der Waals surface area (Å²) in [5, 5.41) is 4.69. The third kappa shape index (κ3) is 6.71. The first-order valence-corrected chi connectivity index (χ1v) is 8.89. The van der Waals surface area contributed by atoms with Crippen molar-refractivity contribution in [1.29, 1.82) is 0 Å². The van der Waals surface area contributed by atoms with E-state index in [2.05, 4.69) is 42.9 Å². The summed E-state index contributed by atoms with van der Waals surface area (Å²) in [6.07, 6.45) is 7.04. The fraction of sp³-hybridized carbons (Fsp3) is 0.812. The lowest BCUT2D eigenvalue weighted by atomic mass is 10.2. The normalized spacial score (nSPS) is 11.2. The molecule has 0 unspecified atom stereocenters. The molecule has 3 nitrogen and oxygen atoms in total. The summed E-state index contributed by atoms with van der Waals surface area (Å²) >= 11 is 1.85. The Morgan fingerprint density at radius 2 is 1.85 bits per heavy atom. The molecule has 0 fully saturated rings. The van der Waals surface area contributed by atoms with Crippen molar-refractivity contribution in [3.63, 3.8) is 0 Å². The van der Waals surface area contributed by atoms with E-state index in [4.69, 9.17) is 0 Å². The molecule has 116 valence electrons. The van der Waals surface area contributed by atoms with E-state index < -0.39 is 0 Å². The van der Waals surface area contributed by atoms with Gasteiger partial charge in [0.1, 0.15) is 0 Å². The topological polar surface area (TPSA) is 28.2 Å². The Morgan fingerprint density at radius 1 is 1.20 bits per heavy atom. The standard InChI is InChI=1S/C16H31N3S/c1-5-7-9-19(10-8-6-2)16-18-13-15(20-16)12-17-11-14(3)4/h13-14,17H,5-12H2,1-4H3. The van der Waals surface area contributed by atoms with Crippen LogP contribution in [0, 0.1) is 5.92 Å². The lowest BCUT2D eigenvalue weighted by Gasteiger charge is -2.21. The number of thiazole rings is 1. The van der Waals surface area contributed by atoms with Crippen LogP contribution in [-0.4, -0.2) is 24.6 Å². The summed E-state index contributed by atoms with van der Waals surface area (Å²) in [6, 6.07) is 0. The molecule has 0 spiro atoms. The van der Waals surface area contributed by atoms with Crippen LogP contribution in [0.2, 0.25) is 0 Å². The van der Waals surface area contributed by atoms with Gasteiger partial charge in [-0.1, -0.05) is 40.5 Å². The van der Waals surface area contributed by atoms with Crippen LogP contribution < -0.4 is 10.2 Å². The summed E-state index contributed by atoms with van der Waals surface area (Å²) < 4.78 is 0. The van der Waals surface area contributed by atoms with E-state index >= 15 is 0 Å². The van der Waals surface area contributed by atoms with Crippen LogP contribution in [0.5, 0.6) is 0 Å². The van der Waals surface area contributed by atoms with Gasteiger partial charge in [-0.3, -0.25) is 0 Å². The zero-order valence-corrected chi connectivity index (χ0v) is 14.4. The molecule has 0 amide bonds. The van der Waals surface area contributed by atoms with Crippen molar-refractivity contribution in [3.8, 4) is 0 Å². The maximum atomic E-state index is 4.62. The number of aromatic nitrogens is 1. The molecular weight excluding hydrogens is 266 g/mol. The van der Waals surface area contributed by atoms with Crippen molar-refractivity contribution in [3.05, 3.63) is 11.1 Å². The smallest absolute Gasteiger partial charge is 0.185 e. The van der Waals surface area contributed by atoms with Crippen molar-refractivity contribution in [1.82, 2.24) is 10.3 Å². The first-order chi connectivity index (χ1) is 9.67. The molecule has 1 aromatic rings. The number of nitrogens with zero attached hydrogens (tertiary/aromatic N) is 2. The Kier molecular flexibility index (Phi) is 8.86. The molecule has 1 aromatic heterocycles. The highest BCUT2D eigenvalue weighted by molar-refractivity contribution is 7.15. The van der Waals surface area contributed by atoms with E-state index in [1.165, 1.54) is 35.7 Å². The highest BCUT2D eigenvalue weighted by Gasteiger charge is 2.10. The van der Waals surface area contributed by atoms with Gasteiger partial charge >= 0.3 is 0 Å². The molecule has 1 heterocycles. The first-order valence-electron chi connectivity index (χ1n) is 8.07. The minimum absolute atomic E-state index is 0.702. The second-order valence-electron chi connectivity index (χ2n) is 5.83. The Labute approximate surface area is 128 Å². The SMILES string of the molecule is CCCCN(CCCC)c1ncc(CNCC(C)C)s1. The number of rotatable bonds is 11. The maximum absolute atomic E-state index is 4.62. The van der Waals surface area contributed by atoms with E-state index in [9.17, 15) is 0 Å². The van der Waals surface area contributed by atoms with Crippen molar-refractivity contribution in [2.75, 3.05) is 24.5 Å². The Balaban J connectivity index is 2.50. The molecular formula is C16H31N3S. The van der Waals surface area contributed by atoms with E-state index in [-0.39, 0.29) is 0 Å². The molecule has 0 aliphatic rings. The first kappa shape index (κ1) is 17.4. The molecule has 0 saturated carbocycles. The Hall–Kier alpha value is -0.610. The Bertz CT molecular complexity index is 341. The summed E-state index contributed by atoms with van der Waals surface area (Å²) in [4.78, 5) is 8.43. The molecule has 0 radical (unpaired) electrons. The highest BCUT2D eigenvalue weighted by atomic mass is 32.1. The van der Waals surface area contributed by atoms with Crippen molar-refractivity contribution >= 4 is 16.5 Å². The minimum atomic E-state index is 0.702. The fourth-order valence-corrected chi connectivity index (χ4v) is 2.94. The van der Waals surface area contributed by atoms with Gasteiger partial charge in [0.2, 0.25) is 0 Å². The molecule has 0 saturated heterocycles. The number of hydrogen-bond donors (Lipinski definition) is 1. The van der Waals surface area contributed by atoms with Gasteiger partial charge in [-0.15, -0.1) is 11.3 Å². The number of nitrogens with one attached hydrogen (secondary N) is 1. The molecule has 0 aliphatic heterocycles. The summed E-state index contributed by atoms with van der Waals surface area (Å²) in [6.45, 7) is 13.3.